The van der Waals surface area contributed by atoms with Crippen LogP contribution in [0.15, 0.2) is 24.3 Å². The molecule has 6 heteroatoms. The number of nitrogens with one attached hydrogen (secondary N) is 1. The number of benzene rings is 1. The third-order valence-electron chi connectivity index (χ3n) is 5.20. The van der Waals surface area contributed by atoms with E-state index in [4.69, 9.17) is 5.73 Å². The molecule has 1 atom stereocenters. The zero-order valence-electron chi connectivity index (χ0n) is 14.9. The van der Waals surface area contributed by atoms with Crippen LogP contribution in [-0.2, 0) is 0 Å². The second-order valence-corrected chi connectivity index (χ2v) is 7.33. The lowest BCUT2D eigenvalue weighted by Crippen LogP contribution is -2.47. The fraction of sp³-hybridized carbons (Fsp3) is 0.579. The summed E-state index contributed by atoms with van der Waals surface area (Å²) in [6, 6.07) is 7.10. The van der Waals surface area contributed by atoms with Crippen LogP contribution in [-0.4, -0.2) is 54.0 Å². The number of hydrogen-bond donors (Lipinski definition) is 2. The molecule has 1 aromatic rings. The molecule has 1 aromatic carbocycles. The standard InChI is InChI=1S/C19H28N4O2/c1-14-8-11-22(12-9-14)18(24)15-4-6-17(7-5-15)21-19(25)23-10-2-3-16(20)13-23/h4-7,14,16H,2-3,8-13,20H2,1H3,(H,21,25). The molecule has 0 spiro atoms. The number of urea groups is 1. The minimum atomic E-state index is -0.126. The topological polar surface area (TPSA) is 78.7 Å². The lowest BCUT2D eigenvalue weighted by molar-refractivity contribution is 0.0697. The summed E-state index contributed by atoms with van der Waals surface area (Å²) in [5, 5.41) is 2.89. The highest BCUT2D eigenvalue weighted by Crippen LogP contribution is 2.19. The Labute approximate surface area is 149 Å². The molecule has 2 saturated heterocycles. The summed E-state index contributed by atoms with van der Waals surface area (Å²) in [6.45, 7) is 5.22. The second-order valence-electron chi connectivity index (χ2n) is 7.33. The zero-order valence-corrected chi connectivity index (χ0v) is 14.9. The van der Waals surface area contributed by atoms with Crippen molar-refractivity contribution in [3.05, 3.63) is 29.8 Å². The Bertz CT molecular complexity index is 608. The minimum absolute atomic E-state index is 0.0618. The van der Waals surface area contributed by atoms with Crippen LogP contribution < -0.4 is 11.1 Å². The molecule has 6 nitrogen and oxygen atoms in total. The van der Waals surface area contributed by atoms with Crippen LogP contribution in [0.25, 0.3) is 0 Å². The lowest BCUT2D eigenvalue weighted by Gasteiger charge is -2.31. The van der Waals surface area contributed by atoms with Gasteiger partial charge in [0.1, 0.15) is 0 Å². The van der Waals surface area contributed by atoms with E-state index >= 15 is 0 Å². The lowest BCUT2D eigenvalue weighted by atomic mass is 9.98. The van der Waals surface area contributed by atoms with Gasteiger partial charge in [0.15, 0.2) is 0 Å². The molecule has 3 amide bonds. The molecular formula is C19H28N4O2. The largest absolute Gasteiger partial charge is 0.339 e. The van der Waals surface area contributed by atoms with Gasteiger partial charge in [0.2, 0.25) is 0 Å². The number of likely N-dealkylation sites (tertiary alicyclic amines) is 2. The number of nitrogens with two attached hydrogens (primary N) is 1. The number of piperidine rings is 2. The molecule has 25 heavy (non-hydrogen) atoms. The number of anilines is 1. The Morgan fingerprint density at radius 3 is 2.36 bits per heavy atom. The van der Waals surface area contributed by atoms with Crippen LogP contribution >= 0.6 is 0 Å². The highest BCUT2D eigenvalue weighted by Gasteiger charge is 2.23. The first-order valence-electron chi connectivity index (χ1n) is 9.24. The van der Waals surface area contributed by atoms with Crippen LogP contribution in [0.3, 0.4) is 0 Å². The van der Waals surface area contributed by atoms with Crippen molar-refractivity contribution in [2.45, 2.75) is 38.6 Å². The highest BCUT2D eigenvalue weighted by atomic mass is 16.2. The molecule has 0 aliphatic carbocycles. The first-order chi connectivity index (χ1) is 12.0. The quantitative estimate of drug-likeness (QED) is 0.865. The van der Waals surface area contributed by atoms with Gasteiger partial charge in [-0.25, -0.2) is 4.79 Å². The first kappa shape index (κ1) is 17.7. The summed E-state index contributed by atoms with van der Waals surface area (Å²) < 4.78 is 0. The van der Waals surface area contributed by atoms with Crippen molar-refractivity contribution in [1.29, 1.82) is 0 Å². The number of nitrogens with zero attached hydrogens (tertiary/aromatic N) is 2. The van der Waals surface area contributed by atoms with E-state index < -0.39 is 0 Å². The molecule has 0 saturated carbocycles. The molecule has 3 rings (SSSR count). The van der Waals surface area contributed by atoms with Gasteiger partial charge in [0.05, 0.1) is 0 Å². The Morgan fingerprint density at radius 1 is 1.04 bits per heavy atom. The van der Waals surface area contributed by atoms with Crippen LogP contribution in [0, 0.1) is 5.92 Å². The van der Waals surface area contributed by atoms with Gasteiger partial charge >= 0.3 is 6.03 Å². The molecule has 0 radical (unpaired) electrons. The van der Waals surface area contributed by atoms with Crippen LogP contribution in [0.1, 0.15) is 43.0 Å². The van der Waals surface area contributed by atoms with Gasteiger partial charge in [0, 0.05) is 43.5 Å². The summed E-state index contributed by atoms with van der Waals surface area (Å²) >= 11 is 0. The first-order valence-corrected chi connectivity index (χ1v) is 9.24. The van der Waals surface area contributed by atoms with Crippen molar-refractivity contribution in [3.8, 4) is 0 Å². The van der Waals surface area contributed by atoms with Gasteiger partial charge in [-0.05, 0) is 55.9 Å². The molecule has 2 aliphatic heterocycles. The third kappa shape index (κ3) is 4.51. The summed E-state index contributed by atoms with van der Waals surface area (Å²) in [4.78, 5) is 28.5. The van der Waals surface area contributed by atoms with Crippen LogP contribution in [0.2, 0.25) is 0 Å². The maximum Gasteiger partial charge on any atom is 0.321 e. The van der Waals surface area contributed by atoms with E-state index in [2.05, 4.69) is 12.2 Å². The molecule has 2 aliphatic rings. The smallest absolute Gasteiger partial charge is 0.321 e. The van der Waals surface area contributed by atoms with Crippen molar-refractivity contribution in [2.24, 2.45) is 11.7 Å². The van der Waals surface area contributed by atoms with Gasteiger partial charge in [-0.3, -0.25) is 4.79 Å². The number of carbonyl (C=O) groups is 2. The molecule has 2 fully saturated rings. The van der Waals surface area contributed by atoms with E-state index in [0.29, 0.717) is 23.7 Å². The van der Waals surface area contributed by atoms with Crippen molar-refractivity contribution in [1.82, 2.24) is 9.80 Å². The second kappa shape index (κ2) is 7.87. The van der Waals surface area contributed by atoms with Crippen molar-refractivity contribution >= 4 is 17.6 Å². The fourth-order valence-electron chi connectivity index (χ4n) is 3.49. The molecule has 3 N–H and O–H groups in total. The average Bonchev–Trinajstić information content (AvgIpc) is 2.62. The van der Waals surface area contributed by atoms with Crippen molar-refractivity contribution in [2.75, 3.05) is 31.5 Å². The number of rotatable bonds is 2. The summed E-state index contributed by atoms with van der Waals surface area (Å²) in [5.74, 6) is 0.774. The fourth-order valence-corrected chi connectivity index (χ4v) is 3.49. The van der Waals surface area contributed by atoms with E-state index in [1.165, 1.54) is 0 Å². The maximum absolute atomic E-state index is 12.5. The normalized spacial score (nSPS) is 21.9. The highest BCUT2D eigenvalue weighted by molar-refractivity contribution is 5.95. The number of hydrogen-bond acceptors (Lipinski definition) is 3. The van der Waals surface area contributed by atoms with Gasteiger partial charge in [-0.15, -0.1) is 0 Å². The summed E-state index contributed by atoms with van der Waals surface area (Å²) in [5.41, 5.74) is 7.30. The van der Waals surface area contributed by atoms with Gasteiger partial charge in [-0.2, -0.15) is 0 Å². The van der Waals surface area contributed by atoms with Crippen LogP contribution in [0.5, 0.6) is 0 Å². The summed E-state index contributed by atoms with van der Waals surface area (Å²) in [6.07, 6.45) is 4.04. The van der Waals surface area contributed by atoms with Gasteiger partial charge in [0.25, 0.3) is 5.91 Å². The van der Waals surface area contributed by atoms with E-state index in [9.17, 15) is 9.59 Å². The Balaban J connectivity index is 1.56. The molecule has 2 heterocycles. The number of carbonyl (C=O) groups excluding carboxylic acids is 2. The molecule has 0 aromatic heterocycles. The van der Waals surface area contributed by atoms with Crippen molar-refractivity contribution in [3.63, 3.8) is 0 Å². The van der Waals surface area contributed by atoms with E-state index in [1.807, 2.05) is 4.90 Å². The zero-order chi connectivity index (χ0) is 17.8. The Hall–Kier alpha value is -2.08. The van der Waals surface area contributed by atoms with E-state index in [-0.39, 0.29) is 18.0 Å². The maximum atomic E-state index is 12.5. The summed E-state index contributed by atoms with van der Waals surface area (Å²) in [7, 11) is 0. The SMILES string of the molecule is CC1CCN(C(=O)c2ccc(NC(=O)N3CCCC(N)C3)cc2)CC1. The van der Waals surface area contributed by atoms with Crippen molar-refractivity contribution < 1.29 is 9.59 Å². The Morgan fingerprint density at radius 2 is 1.72 bits per heavy atom. The predicted molar refractivity (Wildman–Crippen MR) is 98.5 cm³/mol. The Kier molecular flexibility index (Phi) is 5.58. The molecule has 1 unspecified atom stereocenters. The van der Waals surface area contributed by atoms with E-state index in [0.717, 1.165) is 45.3 Å². The molecular weight excluding hydrogens is 316 g/mol. The number of amides is 3. The predicted octanol–water partition coefficient (Wildman–Crippen LogP) is 2.51. The van der Waals surface area contributed by atoms with Gasteiger partial charge < -0.3 is 20.9 Å². The molecule has 0 bridgehead atoms. The van der Waals surface area contributed by atoms with Gasteiger partial charge in [-0.1, -0.05) is 6.92 Å². The average molecular weight is 344 g/mol. The van der Waals surface area contributed by atoms with E-state index in [1.54, 1.807) is 29.2 Å². The minimum Gasteiger partial charge on any atom is -0.339 e. The molecule has 136 valence electrons. The third-order valence-corrected chi connectivity index (χ3v) is 5.20. The van der Waals surface area contributed by atoms with Crippen LogP contribution in [0.4, 0.5) is 10.5 Å². The monoisotopic (exact) mass is 344 g/mol.